The SMILES string of the molecule is O=C(O)CCC1CCCN(C(=O)c2cc3c(s2)-c2ccccc2CC3)C1. The van der Waals surface area contributed by atoms with Gasteiger partial charge in [-0.25, -0.2) is 0 Å². The molecule has 1 aliphatic carbocycles. The van der Waals surface area contributed by atoms with Crippen molar-refractivity contribution < 1.29 is 14.7 Å². The number of carbonyl (C=O) groups excluding carboxylic acids is 1. The monoisotopic (exact) mass is 369 g/mol. The van der Waals surface area contributed by atoms with Gasteiger partial charge in [0, 0.05) is 24.4 Å². The summed E-state index contributed by atoms with van der Waals surface area (Å²) in [4.78, 5) is 27.8. The summed E-state index contributed by atoms with van der Waals surface area (Å²) in [7, 11) is 0. The second-order valence-electron chi connectivity index (χ2n) is 7.31. The number of aliphatic carboxylic acids is 1. The van der Waals surface area contributed by atoms with Crippen molar-refractivity contribution in [1.29, 1.82) is 0 Å². The third-order valence-corrected chi connectivity index (χ3v) is 6.72. The van der Waals surface area contributed by atoms with Crippen molar-refractivity contribution in [2.24, 2.45) is 5.92 Å². The number of carbonyl (C=O) groups is 2. The molecule has 1 atom stereocenters. The summed E-state index contributed by atoms with van der Waals surface area (Å²) in [6.07, 6.45) is 4.87. The van der Waals surface area contributed by atoms with E-state index in [4.69, 9.17) is 5.11 Å². The van der Waals surface area contributed by atoms with E-state index in [0.717, 1.165) is 37.1 Å². The molecule has 0 radical (unpaired) electrons. The molecule has 2 aliphatic rings. The van der Waals surface area contributed by atoms with E-state index >= 15 is 0 Å². The van der Waals surface area contributed by atoms with Gasteiger partial charge in [0.2, 0.25) is 0 Å². The molecule has 1 amide bonds. The lowest BCUT2D eigenvalue weighted by Crippen LogP contribution is -2.39. The fourth-order valence-electron chi connectivity index (χ4n) is 4.15. The van der Waals surface area contributed by atoms with Gasteiger partial charge in [-0.05, 0) is 60.8 Å². The smallest absolute Gasteiger partial charge is 0.303 e. The first-order chi connectivity index (χ1) is 12.6. The second-order valence-corrected chi connectivity index (χ2v) is 8.37. The zero-order valence-electron chi connectivity index (χ0n) is 14.7. The molecule has 0 saturated carbocycles. The minimum Gasteiger partial charge on any atom is -0.481 e. The molecule has 1 unspecified atom stereocenters. The van der Waals surface area contributed by atoms with Crippen LogP contribution in [0.4, 0.5) is 0 Å². The standard InChI is InChI=1S/C21H23NO3S/c23-19(24)10-7-14-4-3-11-22(13-14)21(25)18-12-16-9-8-15-5-1-2-6-17(15)20(16)26-18/h1-2,5-6,12,14H,3-4,7-11,13H2,(H,23,24). The summed E-state index contributed by atoms with van der Waals surface area (Å²) in [6.45, 7) is 1.47. The topological polar surface area (TPSA) is 57.6 Å². The van der Waals surface area contributed by atoms with Crippen LogP contribution in [0.5, 0.6) is 0 Å². The first kappa shape index (κ1) is 17.3. The molecule has 1 saturated heterocycles. The van der Waals surface area contributed by atoms with Crippen molar-refractivity contribution in [1.82, 2.24) is 4.90 Å². The Labute approximate surface area is 157 Å². The number of thiophene rings is 1. The number of fused-ring (bicyclic) bond motifs is 3. The van der Waals surface area contributed by atoms with Crippen LogP contribution in [-0.2, 0) is 17.6 Å². The molecule has 1 fully saturated rings. The van der Waals surface area contributed by atoms with Gasteiger partial charge in [-0.3, -0.25) is 9.59 Å². The summed E-state index contributed by atoms with van der Waals surface area (Å²) in [5.41, 5.74) is 3.93. The van der Waals surface area contributed by atoms with E-state index in [1.165, 1.54) is 21.6 Å². The van der Waals surface area contributed by atoms with Crippen molar-refractivity contribution in [3.63, 3.8) is 0 Å². The zero-order valence-corrected chi connectivity index (χ0v) is 15.6. The molecule has 2 heterocycles. The number of hydrogen-bond donors (Lipinski definition) is 1. The van der Waals surface area contributed by atoms with E-state index in [1.54, 1.807) is 11.3 Å². The molecule has 1 N–H and O–H groups in total. The normalized spacial score (nSPS) is 18.9. The van der Waals surface area contributed by atoms with Gasteiger partial charge in [-0.15, -0.1) is 11.3 Å². The molecule has 26 heavy (non-hydrogen) atoms. The molecule has 5 heteroatoms. The van der Waals surface area contributed by atoms with Crippen molar-refractivity contribution in [2.75, 3.05) is 13.1 Å². The maximum atomic E-state index is 13.0. The average molecular weight is 369 g/mol. The first-order valence-electron chi connectivity index (χ1n) is 9.34. The van der Waals surface area contributed by atoms with Crippen LogP contribution in [0.3, 0.4) is 0 Å². The molecule has 0 bridgehead atoms. The molecule has 1 aliphatic heterocycles. The van der Waals surface area contributed by atoms with Crippen LogP contribution >= 0.6 is 11.3 Å². The summed E-state index contributed by atoms with van der Waals surface area (Å²) in [6, 6.07) is 10.6. The molecule has 4 nitrogen and oxygen atoms in total. The highest BCUT2D eigenvalue weighted by molar-refractivity contribution is 7.17. The maximum Gasteiger partial charge on any atom is 0.303 e. The van der Waals surface area contributed by atoms with Gasteiger partial charge in [-0.1, -0.05) is 24.3 Å². The minimum absolute atomic E-state index is 0.113. The number of likely N-dealkylation sites (tertiary alicyclic amines) is 1. The van der Waals surface area contributed by atoms with Crippen molar-refractivity contribution in [3.05, 3.63) is 46.3 Å². The van der Waals surface area contributed by atoms with E-state index in [1.807, 2.05) is 4.90 Å². The maximum absolute atomic E-state index is 13.0. The van der Waals surface area contributed by atoms with Crippen molar-refractivity contribution in [3.8, 4) is 10.4 Å². The molecule has 1 aromatic carbocycles. The third-order valence-electron chi connectivity index (χ3n) is 5.52. The number of benzene rings is 1. The lowest BCUT2D eigenvalue weighted by atomic mass is 9.91. The number of aryl methyl sites for hydroxylation is 2. The quantitative estimate of drug-likeness (QED) is 0.877. The van der Waals surface area contributed by atoms with Crippen molar-refractivity contribution in [2.45, 2.75) is 38.5 Å². The number of carboxylic acid groups (broad SMARTS) is 1. The Balaban J connectivity index is 1.51. The van der Waals surface area contributed by atoms with Crippen LogP contribution in [0, 0.1) is 5.92 Å². The molecule has 0 spiro atoms. The van der Waals surface area contributed by atoms with Crippen LogP contribution in [0.2, 0.25) is 0 Å². The molecule has 136 valence electrons. The van der Waals surface area contributed by atoms with E-state index in [0.29, 0.717) is 18.9 Å². The highest BCUT2D eigenvalue weighted by Gasteiger charge is 2.28. The predicted octanol–water partition coefficient (Wildman–Crippen LogP) is 4.23. The zero-order chi connectivity index (χ0) is 18.1. The molecule has 2 aromatic rings. The van der Waals surface area contributed by atoms with E-state index in [2.05, 4.69) is 30.3 Å². The lowest BCUT2D eigenvalue weighted by molar-refractivity contribution is -0.137. The van der Waals surface area contributed by atoms with Gasteiger partial charge in [-0.2, -0.15) is 0 Å². The van der Waals surface area contributed by atoms with Crippen LogP contribution in [0.25, 0.3) is 10.4 Å². The Morgan fingerprint density at radius 1 is 1.19 bits per heavy atom. The Kier molecular flexibility index (Phi) is 4.81. The Bertz CT molecular complexity index is 842. The van der Waals surface area contributed by atoms with Crippen LogP contribution < -0.4 is 0 Å². The van der Waals surface area contributed by atoms with E-state index in [9.17, 15) is 9.59 Å². The van der Waals surface area contributed by atoms with Crippen LogP contribution in [-0.4, -0.2) is 35.0 Å². The summed E-state index contributed by atoms with van der Waals surface area (Å²) >= 11 is 1.61. The molecule has 4 rings (SSSR count). The minimum atomic E-state index is -0.752. The first-order valence-corrected chi connectivity index (χ1v) is 10.2. The van der Waals surface area contributed by atoms with E-state index < -0.39 is 5.97 Å². The van der Waals surface area contributed by atoms with Crippen molar-refractivity contribution >= 4 is 23.2 Å². The van der Waals surface area contributed by atoms with Crippen LogP contribution in [0.1, 0.15) is 46.5 Å². The predicted molar refractivity (Wildman–Crippen MR) is 103 cm³/mol. The number of rotatable bonds is 4. The highest BCUT2D eigenvalue weighted by Crippen LogP contribution is 2.40. The van der Waals surface area contributed by atoms with Gasteiger partial charge in [0.1, 0.15) is 0 Å². The van der Waals surface area contributed by atoms with Gasteiger partial charge in [0.25, 0.3) is 5.91 Å². The van der Waals surface area contributed by atoms with Gasteiger partial charge in [0.15, 0.2) is 0 Å². The van der Waals surface area contributed by atoms with Gasteiger partial charge < -0.3 is 10.0 Å². The fraction of sp³-hybridized carbons (Fsp3) is 0.429. The number of hydrogen-bond acceptors (Lipinski definition) is 3. The number of carboxylic acids is 1. The number of amides is 1. The van der Waals surface area contributed by atoms with Gasteiger partial charge >= 0.3 is 5.97 Å². The van der Waals surface area contributed by atoms with E-state index in [-0.39, 0.29) is 12.3 Å². The fourth-order valence-corrected chi connectivity index (χ4v) is 5.38. The summed E-state index contributed by atoms with van der Waals surface area (Å²) in [5.74, 6) is -0.334. The number of nitrogens with zero attached hydrogens (tertiary/aromatic N) is 1. The number of piperidine rings is 1. The Morgan fingerprint density at radius 2 is 2.00 bits per heavy atom. The Morgan fingerprint density at radius 3 is 2.85 bits per heavy atom. The van der Waals surface area contributed by atoms with Gasteiger partial charge in [0.05, 0.1) is 4.88 Å². The lowest BCUT2D eigenvalue weighted by Gasteiger charge is -2.32. The van der Waals surface area contributed by atoms with Crippen LogP contribution in [0.15, 0.2) is 30.3 Å². The molecule has 1 aromatic heterocycles. The second kappa shape index (κ2) is 7.23. The highest BCUT2D eigenvalue weighted by atomic mass is 32.1. The largest absolute Gasteiger partial charge is 0.481 e. The summed E-state index contributed by atoms with van der Waals surface area (Å²) in [5, 5.41) is 8.89. The molecular weight excluding hydrogens is 346 g/mol. The Hall–Kier alpha value is -2.14. The average Bonchev–Trinajstić information content (AvgIpc) is 3.11. The third kappa shape index (κ3) is 3.40. The summed E-state index contributed by atoms with van der Waals surface area (Å²) < 4.78 is 0. The molecular formula is C21H23NO3S.